The van der Waals surface area contributed by atoms with Crippen LogP contribution in [0.5, 0.6) is 0 Å². The minimum Gasteiger partial charge on any atom is -0.478 e. The fraction of sp³-hybridized carbons (Fsp3) is 0.393. The van der Waals surface area contributed by atoms with Gasteiger partial charge in [-0.2, -0.15) is 13.2 Å². The molecule has 0 unspecified atom stereocenters. The summed E-state index contributed by atoms with van der Waals surface area (Å²) < 4.78 is 52.5. The van der Waals surface area contributed by atoms with E-state index in [1.165, 1.54) is 6.07 Å². The molecule has 1 aliphatic carbocycles. The zero-order valence-corrected chi connectivity index (χ0v) is 22.4. The lowest BCUT2D eigenvalue weighted by molar-refractivity contribution is -0.138. The van der Waals surface area contributed by atoms with Crippen molar-refractivity contribution < 1.29 is 37.1 Å². The maximum absolute atomic E-state index is 13.6. The van der Waals surface area contributed by atoms with Crippen molar-refractivity contribution >= 4 is 40.8 Å². The number of carboxylic acids is 1. The van der Waals surface area contributed by atoms with Crippen molar-refractivity contribution in [2.75, 3.05) is 4.90 Å². The Bertz CT molecular complexity index is 1470. The molecule has 12 heteroatoms. The summed E-state index contributed by atoms with van der Waals surface area (Å²) in [5.41, 5.74) is -0.861. The highest BCUT2D eigenvalue weighted by atomic mass is 35.5. The lowest BCUT2D eigenvalue weighted by Crippen LogP contribution is -2.46. The van der Waals surface area contributed by atoms with Crippen LogP contribution in [0, 0.1) is 0 Å². The minimum absolute atomic E-state index is 0.0553. The van der Waals surface area contributed by atoms with Gasteiger partial charge < -0.3 is 19.3 Å². The van der Waals surface area contributed by atoms with E-state index in [2.05, 4.69) is 5.16 Å². The van der Waals surface area contributed by atoms with Crippen molar-refractivity contribution in [1.29, 1.82) is 0 Å². The predicted octanol–water partition coefficient (Wildman–Crippen LogP) is 7.60. The normalized spacial score (nSPS) is 22.4. The number of fused-ring (bicyclic) bond motifs is 2. The second kappa shape index (κ2) is 9.99. The highest BCUT2D eigenvalue weighted by molar-refractivity contribution is 6.39. The Labute approximate surface area is 236 Å². The van der Waals surface area contributed by atoms with Gasteiger partial charge in [0.25, 0.3) is 0 Å². The standard InChI is InChI=1S/C28H23Cl2F3N2O5/c29-20-2-1-3-21(30)22(20)24-23(25(40-34-24)13-4-5-13)27(38)39-17-10-14-6-7-15(11-17)35(14)16-8-9-18(26(36)37)19(12-16)28(31,32)33/h1-3,8-9,12-15,17H,4-7,10-11H2,(H,36,37)/t14-,15+,17-. The summed E-state index contributed by atoms with van der Waals surface area (Å²) >= 11 is 12.8. The second-order valence-electron chi connectivity index (χ2n) is 10.5. The number of nitrogens with zero attached hydrogens (tertiary/aromatic N) is 2. The number of ether oxygens (including phenoxy) is 1. The summed E-state index contributed by atoms with van der Waals surface area (Å²) in [6.07, 6.45) is -1.33. The van der Waals surface area contributed by atoms with Crippen LogP contribution >= 0.6 is 23.2 Å². The number of anilines is 1. The van der Waals surface area contributed by atoms with Crippen molar-refractivity contribution in [2.45, 2.75) is 68.8 Å². The maximum atomic E-state index is 13.6. The topological polar surface area (TPSA) is 92.9 Å². The zero-order valence-electron chi connectivity index (χ0n) is 20.9. The molecule has 7 nitrogen and oxygen atoms in total. The van der Waals surface area contributed by atoms with Crippen molar-refractivity contribution in [2.24, 2.45) is 0 Å². The van der Waals surface area contributed by atoms with E-state index >= 15 is 0 Å². The number of rotatable bonds is 6. The molecule has 0 amide bonds. The molecule has 1 N–H and O–H groups in total. The van der Waals surface area contributed by atoms with Crippen molar-refractivity contribution in [1.82, 2.24) is 5.16 Å². The fourth-order valence-electron chi connectivity index (χ4n) is 5.99. The van der Waals surface area contributed by atoms with Gasteiger partial charge in [-0.3, -0.25) is 0 Å². The Morgan fingerprint density at radius 3 is 2.25 bits per heavy atom. The number of hydrogen-bond acceptors (Lipinski definition) is 6. The number of aromatic carboxylic acids is 1. The summed E-state index contributed by atoms with van der Waals surface area (Å²) in [4.78, 5) is 26.9. The van der Waals surface area contributed by atoms with Crippen LogP contribution in [-0.2, 0) is 10.9 Å². The molecule has 1 aromatic heterocycles. The van der Waals surface area contributed by atoms with Crippen LogP contribution in [0.15, 0.2) is 40.9 Å². The number of carbonyl (C=O) groups is 2. The van der Waals surface area contributed by atoms with E-state index in [1.807, 2.05) is 4.90 Å². The van der Waals surface area contributed by atoms with E-state index < -0.39 is 35.3 Å². The summed E-state index contributed by atoms with van der Waals surface area (Å²) in [7, 11) is 0. The van der Waals surface area contributed by atoms with Gasteiger partial charge in [0.05, 0.1) is 21.2 Å². The first kappa shape index (κ1) is 27.0. The number of aromatic nitrogens is 1. The number of benzene rings is 2. The van der Waals surface area contributed by atoms with Crippen LogP contribution in [0.4, 0.5) is 18.9 Å². The Hall–Kier alpha value is -3.24. The number of hydrogen-bond donors (Lipinski definition) is 1. The number of esters is 1. The molecule has 3 atom stereocenters. The Balaban J connectivity index is 1.25. The summed E-state index contributed by atoms with van der Waals surface area (Å²) in [6.45, 7) is 0. The molecule has 210 valence electrons. The zero-order chi connectivity index (χ0) is 28.3. The first-order valence-corrected chi connectivity index (χ1v) is 13.7. The van der Waals surface area contributed by atoms with Gasteiger partial charge in [-0.15, -0.1) is 0 Å². The molecule has 3 aromatic rings. The van der Waals surface area contributed by atoms with Crippen molar-refractivity contribution in [3.8, 4) is 11.3 Å². The monoisotopic (exact) mass is 594 g/mol. The van der Waals surface area contributed by atoms with Crippen LogP contribution in [0.1, 0.15) is 76.5 Å². The Kier molecular flexibility index (Phi) is 6.73. The van der Waals surface area contributed by atoms with E-state index in [0.717, 1.165) is 25.0 Å². The largest absolute Gasteiger partial charge is 0.478 e. The Morgan fingerprint density at radius 1 is 1.02 bits per heavy atom. The second-order valence-corrected chi connectivity index (χ2v) is 11.3. The van der Waals surface area contributed by atoms with E-state index in [4.69, 9.17) is 32.5 Å². The third-order valence-electron chi connectivity index (χ3n) is 7.87. The van der Waals surface area contributed by atoms with Gasteiger partial charge >= 0.3 is 18.1 Å². The summed E-state index contributed by atoms with van der Waals surface area (Å²) in [6, 6.07) is 7.94. The summed E-state index contributed by atoms with van der Waals surface area (Å²) in [5.74, 6) is -1.74. The highest BCUT2D eigenvalue weighted by Gasteiger charge is 2.45. The van der Waals surface area contributed by atoms with E-state index in [-0.39, 0.29) is 29.3 Å². The quantitative estimate of drug-likeness (QED) is 0.294. The SMILES string of the molecule is O=C(O)c1ccc(N2[C@@H]3CC[C@H]2C[C@H](OC(=O)c2c(-c4c(Cl)cccc4Cl)noc2C2CC2)C3)cc1C(F)(F)F. The molecule has 3 heterocycles. The molecule has 2 bridgehead atoms. The van der Waals surface area contributed by atoms with E-state index in [9.17, 15) is 27.9 Å². The first-order valence-electron chi connectivity index (χ1n) is 12.9. The van der Waals surface area contributed by atoms with Crippen LogP contribution in [0.3, 0.4) is 0 Å². The molecule has 2 aromatic carbocycles. The van der Waals surface area contributed by atoms with Crippen molar-refractivity contribution in [3.05, 3.63) is 68.9 Å². The lowest BCUT2D eigenvalue weighted by atomic mass is 9.97. The van der Waals surface area contributed by atoms with Gasteiger partial charge in [-0.1, -0.05) is 34.4 Å². The van der Waals surface area contributed by atoms with Crippen LogP contribution in [0.25, 0.3) is 11.3 Å². The molecule has 0 radical (unpaired) electrons. The molecule has 40 heavy (non-hydrogen) atoms. The van der Waals surface area contributed by atoms with Gasteiger partial charge in [0, 0.05) is 42.1 Å². The Morgan fingerprint density at radius 2 is 1.68 bits per heavy atom. The molecule has 1 saturated carbocycles. The highest BCUT2D eigenvalue weighted by Crippen LogP contribution is 2.47. The maximum Gasteiger partial charge on any atom is 0.417 e. The average molecular weight is 595 g/mol. The van der Waals surface area contributed by atoms with E-state index in [1.54, 1.807) is 18.2 Å². The molecule has 3 aliphatic rings. The van der Waals surface area contributed by atoms with Gasteiger partial charge in [0.2, 0.25) is 0 Å². The number of carbonyl (C=O) groups excluding carboxylic acids is 1. The first-order chi connectivity index (χ1) is 19.0. The minimum atomic E-state index is -4.81. The number of alkyl halides is 3. The molecule has 2 saturated heterocycles. The van der Waals surface area contributed by atoms with Gasteiger partial charge in [-0.05, 0) is 56.0 Å². The predicted molar refractivity (Wildman–Crippen MR) is 140 cm³/mol. The number of halogens is 5. The van der Waals surface area contributed by atoms with Crippen LogP contribution in [0.2, 0.25) is 10.0 Å². The molecular formula is C28H23Cl2F3N2O5. The molecule has 6 rings (SSSR count). The van der Waals surface area contributed by atoms with Crippen LogP contribution < -0.4 is 4.90 Å². The van der Waals surface area contributed by atoms with E-state index in [0.29, 0.717) is 52.7 Å². The van der Waals surface area contributed by atoms with Crippen molar-refractivity contribution in [3.63, 3.8) is 0 Å². The van der Waals surface area contributed by atoms with Crippen LogP contribution in [-0.4, -0.2) is 40.4 Å². The molecule has 3 fully saturated rings. The third kappa shape index (κ3) is 4.81. The van der Waals surface area contributed by atoms with Gasteiger partial charge in [-0.25, -0.2) is 9.59 Å². The number of carboxylic acid groups (broad SMARTS) is 1. The fourth-order valence-corrected chi connectivity index (χ4v) is 6.56. The number of piperidine rings is 1. The molecule has 2 aliphatic heterocycles. The average Bonchev–Trinajstić information content (AvgIpc) is 3.58. The lowest BCUT2D eigenvalue weighted by Gasteiger charge is -2.40. The smallest absolute Gasteiger partial charge is 0.417 e. The molecular weight excluding hydrogens is 572 g/mol. The summed E-state index contributed by atoms with van der Waals surface area (Å²) in [5, 5.41) is 14.0. The van der Waals surface area contributed by atoms with Gasteiger partial charge in [0.15, 0.2) is 5.76 Å². The van der Waals surface area contributed by atoms with Gasteiger partial charge in [0.1, 0.15) is 17.4 Å². The third-order valence-corrected chi connectivity index (χ3v) is 8.50. The molecule has 0 spiro atoms.